The highest BCUT2D eigenvalue weighted by Crippen LogP contribution is 2.23. The number of hydrogen-bond acceptors (Lipinski definition) is 3. The van der Waals surface area contributed by atoms with Crippen molar-refractivity contribution in [2.24, 2.45) is 0 Å². The third-order valence-electron chi connectivity index (χ3n) is 5.92. The topological polar surface area (TPSA) is 49.4 Å². The maximum atomic E-state index is 13.3. The van der Waals surface area contributed by atoms with Gasteiger partial charge in [0.05, 0.1) is 0 Å². The predicted molar refractivity (Wildman–Crippen MR) is 133 cm³/mol. The van der Waals surface area contributed by atoms with E-state index in [0.29, 0.717) is 30.2 Å². The van der Waals surface area contributed by atoms with Gasteiger partial charge in [-0.15, -0.1) is 11.8 Å². The first-order valence-electron chi connectivity index (χ1n) is 11.5. The Kier molecular flexibility index (Phi) is 9.49. The summed E-state index contributed by atoms with van der Waals surface area (Å²) in [4.78, 5) is 29.3. The number of amides is 2. The van der Waals surface area contributed by atoms with Gasteiger partial charge < -0.3 is 10.2 Å². The van der Waals surface area contributed by atoms with Crippen molar-refractivity contribution in [3.05, 3.63) is 64.7 Å². The zero-order valence-corrected chi connectivity index (χ0v) is 20.6. The summed E-state index contributed by atoms with van der Waals surface area (Å²) < 4.78 is 0. The second-order valence-corrected chi connectivity index (χ2v) is 10.1. The van der Waals surface area contributed by atoms with E-state index in [0.717, 1.165) is 41.7 Å². The molecule has 0 bridgehead atoms. The lowest BCUT2D eigenvalue weighted by molar-refractivity contribution is -0.141. The molecule has 2 aromatic rings. The van der Waals surface area contributed by atoms with E-state index < -0.39 is 6.04 Å². The Bertz CT molecular complexity index is 897. The lowest BCUT2D eigenvalue weighted by atomic mass is 10.1. The maximum absolute atomic E-state index is 13.3. The number of benzene rings is 2. The summed E-state index contributed by atoms with van der Waals surface area (Å²) >= 11 is 7.59. The Hall–Kier alpha value is -1.98. The monoisotopic (exact) mass is 472 g/mol. The van der Waals surface area contributed by atoms with Crippen molar-refractivity contribution >= 4 is 35.2 Å². The minimum absolute atomic E-state index is 0.0152. The number of nitrogens with zero attached hydrogens (tertiary/aromatic N) is 1. The molecule has 1 aliphatic rings. The fourth-order valence-corrected chi connectivity index (χ4v) is 5.19. The van der Waals surface area contributed by atoms with Gasteiger partial charge in [0, 0.05) is 34.7 Å². The summed E-state index contributed by atoms with van der Waals surface area (Å²) in [6, 6.07) is 15.6. The normalized spacial score (nSPS) is 14.8. The molecular weight excluding hydrogens is 440 g/mol. The molecular formula is C26H33ClN2O2S. The van der Waals surface area contributed by atoms with Crippen LogP contribution in [0.15, 0.2) is 53.4 Å². The molecule has 0 unspecified atom stereocenters. The highest BCUT2D eigenvalue weighted by Gasteiger charge is 2.30. The van der Waals surface area contributed by atoms with Crippen LogP contribution < -0.4 is 5.32 Å². The quantitative estimate of drug-likeness (QED) is 0.431. The summed E-state index contributed by atoms with van der Waals surface area (Å²) in [5.41, 5.74) is 2.20. The van der Waals surface area contributed by atoms with Crippen LogP contribution in [0.2, 0.25) is 5.02 Å². The number of hydrogen-bond donors (Lipinski definition) is 1. The minimum atomic E-state index is -0.454. The van der Waals surface area contributed by atoms with Gasteiger partial charge in [-0.25, -0.2) is 0 Å². The zero-order chi connectivity index (χ0) is 22.9. The molecule has 0 spiro atoms. The smallest absolute Gasteiger partial charge is 0.243 e. The van der Waals surface area contributed by atoms with E-state index in [2.05, 4.69) is 11.4 Å². The number of carbonyl (C=O) groups is 2. The second-order valence-electron chi connectivity index (χ2n) is 8.48. The van der Waals surface area contributed by atoms with Crippen LogP contribution in [0.5, 0.6) is 0 Å². The molecule has 0 aromatic heterocycles. The van der Waals surface area contributed by atoms with Crippen molar-refractivity contribution < 1.29 is 9.59 Å². The summed E-state index contributed by atoms with van der Waals surface area (Å²) in [5, 5.41) is 3.90. The van der Waals surface area contributed by atoms with Crippen LogP contribution in [0.25, 0.3) is 0 Å². The molecule has 2 amide bonds. The molecule has 1 atom stereocenters. The van der Waals surface area contributed by atoms with Crippen LogP contribution in [0.3, 0.4) is 0 Å². The van der Waals surface area contributed by atoms with Crippen LogP contribution in [0.1, 0.15) is 56.6 Å². The zero-order valence-electron chi connectivity index (χ0n) is 19.0. The SMILES string of the molecule is CC[C@@H](C(=O)NC1CCCC1)N(Cc1cccc(C)c1)C(=O)CCSc1ccc(Cl)cc1. The van der Waals surface area contributed by atoms with E-state index in [4.69, 9.17) is 11.6 Å². The summed E-state index contributed by atoms with van der Waals surface area (Å²) in [5.74, 6) is 0.651. The molecule has 3 rings (SSSR count). The fraction of sp³-hybridized carbons (Fsp3) is 0.462. The third-order valence-corrected chi connectivity index (χ3v) is 7.19. The number of aryl methyl sites for hydroxylation is 1. The first-order chi connectivity index (χ1) is 15.5. The van der Waals surface area contributed by atoms with E-state index in [9.17, 15) is 9.59 Å². The van der Waals surface area contributed by atoms with Crippen molar-refractivity contribution in [2.75, 3.05) is 5.75 Å². The molecule has 1 fully saturated rings. The first kappa shape index (κ1) is 24.7. The van der Waals surface area contributed by atoms with Gasteiger partial charge in [-0.05, 0) is 56.0 Å². The number of nitrogens with one attached hydrogen (secondary N) is 1. The predicted octanol–water partition coefficient (Wildman–Crippen LogP) is 6.00. The molecule has 0 heterocycles. The Morgan fingerprint density at radius 3 is 2.53 bits per heavy atom. The Labute approximate surface area is 201 Å². The average Bonchev–Trinajstić information content (AvgIpc) is 3.28. The van der Waals surface area contributed by atoms with E-state index >= 15 is 0 Å². The van der Waals surface area contributed by atoms with Crippen molar-refractivity contribution in [3.63, 3.8) is 0 Å². The molecule has 32 heavy (non-hydrogen) atoms. The molecule has 2 aromatic carbocycles. The van der Waals surface area contributed by atoms with Gasteiger partial charge in [0.2, 0.25) is 11.8 Å². The van der Waals surface area contributed by atoms with Crippen LogP contribution in [-0.2, 0) is 16.1 Å². The molecule has 0 saturated heterocycles. The third kappa shape index (κ3) is 7.28. The van der Waals surface area contributed by atoms with E-state index in [-0.39, 0.29) is 17.9 Å². The first-order valence-corrected chi connectivity index (χ1v) is 12.9. The van der Waals surface area contributed by atoms with E-state index in [1.54, 1.807) is 16.7 Å². The summed E-state index contributed by atoms with van der Waals surface area (Å²) in [6.45, 7) is 4.48. The summed E-state index contributed by atoms with van der Waals surface area (Å²) in [7, 11) is 0. The van der Waals surface area contributed by atoms with Crippen LogP contribution in [-0.4, -0.2) is 34.6 Å². The largest absolute Gasteiger partial charge is 0.352 e. The fourth-order valence-electron chi connectivity index (χ4n) is 4.22. The molecule has 4 nitrogen and oxygen atoms in total. The Morgan fingerprint density at radius 1 is 1.16 bits per heavy atom. The Balaban J connectivity index is 1.69. The van der Waals surface area contributed by atoms with Crippen LogP contribution in [0, 0.1) is 6.92 Å². The van der Waals surface area contributed by atoms with Gasteiger partial charge in [-0.1, -0.05) is 61.2 Å². The number of carbonyl (C=O) groups excluding carboxylic acids is 2. The minimum Gasteiger partial charge on any atom is -0.352 e. The van der Waals surface area contributed by atoms with E-state index in [1.807, 2.05) is 56.3 Å². The average molecular weight is 473 g/mol. The highest BCUT2D eigenvalue weighted by molar-refractivity contribution is 7.99. The van der Waals surface area contributed by atoms with Crippen molar-refractivity contribution in [2.45, 2.75) is 75.9 Å². The lowest BCUT2D eigenvalue weighted by Crippen LogP contribution is -2.51. The van der Waals surface area contributed by atoms with Crippen molar-refractivity contribution in [3.8, 4) is 0 Å². The molecule has 0 aliphatic heterocycles. The number of thioether (sulfide) groups is 1. The lowest BCUT2D eigenvalue weighted by Gasteiger charge is -2.31. The molecule has 1 N–H and O–H groups in total. The van der Waals surface area contributed by atoms with Crippen LogP contribution in [0.4, 0.5) is 0 Å². The van der Waals surface area contributed by atoms with Gasteiger partial charge in [0.1, 0.15) is 6.04 Å². The van der Waals surface area contributed by atoms with Crippen molar-refractivity contribution in [1.29, 1.82) is 0 Å². The standard InChI is InChI=1S/C26H33ClN2O2S/c1-3-24(26(31)28-22-9-4-5-10-22)29(18-20-8-6-7-19(2)17-20)25(30)15-16-32-23-13-11-21(27)12-14-23/h6-8,11-14,17,22,24H,3-5,9-10,15-16,18H2,1-2H3,(H,28,31)/t24-/m0/s1. The number of rotatable bonds is 10. The molecule has 6 heteroatoms. The van der Waals surface area contributed by atoms with Gasteiger partial charge in [-0.2, -0.15) is 0 Å². The van der Waals surface area contributed by atoms with E-state index in [1.165, 1.54) is 0 Å². The second kappa shape index (κ2) is 12.3. The van der Waals surface area contributed by atoms with Crippen LogP contribution >= 0.6 is 23.4 Å². The Morgan fingerprint density at radius 2 is 1.88 bits per heavy atom. The summed E-state index contributed by atoms with van der Waals surface area (Å²) in [6.07, 6.45) is 5.37. The highest BCUT2D eigenvalue weighted by atomic mass is 35.5. The molecule has 172 valence electrons. The van der Waals surface area contributed by atoms with Crippen molar-refractivity contribution in [1.82, 2.24) is 10.2 Å². The molecule has 1 aliphatic carbocycles. The van der Waals surface area contributed by atoms with Gasteiger partial charge >= 0.3 is 0 Å². The van der Waals surface area contributed by atoms with Gasteiger partial charge in [-0.3, -0.25) is 9.59 Å². The van der Waals surface area contributed by atoms with Gasteiger partial charge in [0.25, 0.3) is 0 Å². The van der Waals surface area contributed by atoms with Gasteiger partial charge in [0.15, 0.2) is 0 Å². The maximum Gasteiger partial charge on any atom is 0.243 e. The molecule has 1 saturated carbocycles. The molecule has 0 radical (unpaired) electrons. The number of halogens is 1.